The van der Waals surface area contributed by atoms with E-state index in [0.29, 0.717) is 0 Å². The number of Topliss-reactive ketones (excluding diaryl/α,β-unsaturated/α-hetero) is 2. The van der Waals surface area contributed by atoms with Crippen LogP contribution in [0.25, 0.3) is 5.57 Å². The van der Waals surface area contributed by atoms with Gasteiger partial charge in [-0.05, 0) is 52.0 Å². The van der Waals surface area contributed by atoms with Gasteiger partial charge in [-0.15, -0.1) is 0 Å². The zero-order chi connectivity index (χ0) is 23.6. The molecule has 1 atom stereocenters. The van der Waals surface area contributed by atoms with Crippen LogP contribution in [0.3, 0.4) is 0 Å². The molecule has 0 heterocycles. The summed E-state index contributed by atoms with van der Waals surface area (Å²) in [5.74, 6) is -3.15. The van der Waals surface area contributed by atoms with Gasteiger partial charge in [0, 0.05) is 53.2 Å². The van der Waals surface area contributed by atoms with Crippen LogP contribution in [0.5, 0.6) is 5.75 Å². The Bertz CT molecular complexity index is 1060. The number of anilines is 1. The maximum Gasteiger partial charge on any atom is 0.233 e. The average Bonchev–Trinajstić information content (AvgIpc) is 2.99. The number of allylic oxidation sites excluding steroid dienone is 3. The second-order valence-corrected chi connectivity index (χ2v) is 7.83. The lowest BCUT2D eigenvalue weighted by Crippen LogP contribution is -3.14. The molecule has 0 saturated carbocycles. The zero-order valence-corrected chi connectivity index (χ0v) is 18.9. The van der Waals surface area contributed by atoms with E-state index in [1.165, 1.54) is 23.1 Å². The molecular weight excluding hydrogens is 408 g/mol. The lowest BCUT2D eigenvalue weighted by atomic mass is 9.96. The van der Waals surface area contributed by atoms with Gasteiger partial charge < -0.3 is 25.1 Å². The molecule has 7 nitrogen and oxygen atoms in total. The molecule has 3 N–H and O–H groups in total. The van der Waals surface area contributed by atoms with Crippen molar-refractivity contribution in [3.05, 3.63) is 64.7 Å². The van der Waals surface area contributed by atoms with Crippen LogP contribution in [-0.4, -0.2) is 54.0 Å². The summed E-state index contributed by atoms with van der Waals surface area (Å²) < 4.78 is 0. The highest BCUT2D eigenvalue weighted by Gasteiger charge is 2.36. The molecule has 2 aliphatic rings. The van der Waals surface area contributed by atoms with Gasteiger partial charge in [-0.25, -0.2) is 0 Å². The Hall–Kier alpha value is -3.32. The second-order valence-electron chi connectivity index (χ2n) is 7.83. The molecule has 0 fully saturated rings. The molecular formula is C25H30N2O5. The average molecular weight is 439 g/mol. The van der Waals surface area contributed by atoms with Crippen LogP contribution in [-0.2, 0) is 9.59 Å². The number of phenols is 1. The molecule has 7 heteroatoms. The summed E-state index contributed by atoms with van der Waals surface area (Å²) in [6.45, 7) is 11.2. The van der Waals surface area contributed by atoms with Crippen LogP contribution in [0.1, 0.15) is 33.3 Å². The normalized spacial score (nSPS) is 21.0. The number of nitrogens with one attached hydrogen (secondary N) is 1. The number of quaternary nitrogens is 1. The van der Waals surface area contributed by atoms with E-state index in [2.05, 4.69) is 0 Å². The van der Waals surface area contributed by atoms with E-state index in [-0.39, 0.29) is 39.8 Å². The smallest absolute Gasteiger partial charge is 0.233 e. The number of carbonyl (C=O) groups excluding carboxylic acids is 2. The molecule has 0 radical (unpaired) electrons. The van der Waals surface area contributed by atoms with Gasteiger partial charge in [0.25, 0.3) is 0 Å². The summed E-state index contributed by atoms with van der Waals surface area (Å²) in [4.78, 5) is 28.7. The fourth-order valence-electron chi connectivity index (χ4n) is 4.35. The number of nitrogens with zero attached hydrogens (tertiary/aromatic N) is 1. The number of hydrogen-bond donors (Lipinski definition) is 3. The Balaban J connectivity index is 2.07. The number of rotatable bonds is 7. The number of ketones is 2. The van der Waals surface area contributed by atoms with E-state index in [9.17, 15) is 24.9 Å². The first-order valence-corrected chi connectivity index (χ1v) is 11.1. The van der Waals surface area contributed by atoms with Gasteiger partial charge >= 0.3 is 0 Å². The highest BCUT2D eigenvalue weighted by atomic mass is 16.3. The molecule has 1 unspecified atom stereocenters. The van der Waals surface area contributed by atoms with Crippen LogP contribution in [0.15, 0.2) is 59.1 Å². The van der Waals surface area contributed by atoms with Gasteiger partial charge in [0.05, 0.1) is 13.1 Å². The van der Waals surface area contributed by atoms with E-state index in [1.54, 1.807) is 12.1 Å². The maximum atomic E-state index is 13.1. The van der Waals surface area contributed by atoms with Gasteiger partial charge in [-0.1, -0.05) is 5.76 Å². The molecule has 170 valence electrons. The number of aromatic hydroxyl groups is 1. The molecule has 1 aromatic carbocycles. The maximum absolute atomic E-state index is 13.1. The van der Waals surface area contributed by atoms with Crippen molar-refractivity contribution >= 4 is 22.8 Å². The molecule has 0 aliphatic heterocycles. The first-order chi connectivity index (χ1) is 15.3. The zero-order valence-electron chi connectivity index (χ0n) is 18.9. The lowest BCUT2D eigenvalue weighted by Gasteiger charge is -2.25. The highest BCUT2D eigenvalue weighted by Crippen LogP contribution is 2.38. The van der Waals surface area contributed by atoms with Gasteiger partial charge in [0.1, 0.15) is 17.6 Å². The SMILES string of the molecule is CCN(CC)c1ccc(C2=C([O-])/C(=C3\C=CC([NH+](CC)CC)C=C3O)C(=O)C2=O)c(O)c1. The van der Waals surface area contributed by atoms with Crippen molar-refractivity contribution in [2.45, 2.75) is 33.7 Å². The van der Waals surface area contributed by atoms with Crippen molar-refractivity contribution < 1.29 is 29.8 Å². The molecule has 0 spiro atoms. The fourth-order valence-corrected chi connectivity index (χ4v) is 4.35. The minimum absolute atomic E-state index is 0.0218. The summed E-state index contributed by atoms with van der Waals surface area (Å²) in [7, 11) is 0. The monoisotopic (exact) mass is 438 g/mol. The number of phenolic OH excluding ortho intramolecular Hbond substituents is 1. The first kappa shape index (κ1) is 23.3. The van der Waals surface area contributed by atoms with Crippen LogP contribution in [0.2, 0.25) is 0 Å². The van der Waals surface area contributed by atoms with Crippen LogP contribution in [0, 0.1) is 0 Å². The fraction of sp³-hybridized carbons (Fsp3) is 0.360. The van der Waals surface area contributed by atoms with Crippen molar-refractivity contribution in [2.75, 3.05) is 31.1 Å². The summed E-state index contributed by atoms with van der Waals surface area (Å²) in [5.41, 5.74) is 0.105. The Morgan fingerprint density at radius 2 is 1.62 bits per heavy atom. The summed E-state index contributed by atoms with van der Waals surface area (Å²) in [6, 6.07) is 4.60. The largest absolute Gasteiger partial charge is 0.871 e. The van der Waals surface area contributed by atoms with Gasteiger partial charge in [-0.2, -0.15) is 0 Å². The van der Waals surface area contributed by atoms with E-state index in [0.717, 1.165) is 31.9 Å². The van der Waals surface area contributed by atoms with Gasteiger partial charge in [-0.3, -0.25) is 9.59 Å². The summed E-state index contributed by atoms with van der Waals surface area (Å²) >= 11 is 0. The molecule has 0 aromatic heterocycles. The lowest BCUT2D eigenvalue weighted by molar-refractivity contribution is -0.908. The third-order valence-electron chi connectivity index (χ3n) is 6.23. The summed E-state index contributed by atoms with van der Waals surface area (Å²) in [5, 5.41) is 34.3. The molecule has 0 bridgehead atoms. The Morgan fingerprint density at radius 1 is 1.00 bits per heavy atom. The standard InChI is InChI=1S/C25H30N2O5/c1-5-26(6-2)15-9-11-17(19(28)13-15)21-23(30)22(25(32)24(21)31)18-12-10-16(14-20(18)29)27(7-3)8-4/h9-15,28-30H,5-8H2,1-4H3/b21-17-. The molecule has 0 amide bonds. The van der Waals surface area contributed by atoms with E-state index >= 15 is 0 Å². The van der Waals surface area contributed by atoms with E-state index in [1.807, 2.05) is 38.7 Å². The molecule has 0 saturated heterocycles. The molecule has 3 rings (SSSR count). The van der Waals surface area contributed by atoms with Gasteiger partial charge in [0.15, 0.2) is 0 Å². The topological polar surface area (TPSA) is 105 Å². The Kier molecular flexibility index (Phi) is 6.89. The third-order valence-corrected chi connectivity index (χ3v) is 6.23. The molecule has 2 aliphatic carbocycles. The van der Waals surface area contributed by atoms with Crippen LogP contribution < -0.4 is 14.9 Å². The predicted octanol–water partition coefficient (Wildman–Crippen LogP) is 1.06. The number of carbonyl (C=O) groups is 2. The van der Waals surface area contributed by atoms with Gasteiger partial charge in [0.2, 0.25) is 11.6 Å². The number of aliphatic hydroxyl groups excluding tert-OH is 1. The predicted molar refractivity (Wildman–Crippen MR) is 121 cm³/mol. The van der Waals surface area contributed by atoms with Crippen LogP contribution >= 0.6 is 0 Å². The Labute approximate surface area is 188 Å². The quantitative estimate of drug-likeness (QED) is 0.434. The highest BCUT2D eigenvalue weighted by molar-refractivity contribution is 6.63. The van der Waals surface area contributed by atoms with Crippen molar-refractivity contribution in [3.8, 4) is 5.75 Å². The van der Waals surface area contributed by atoms with Crippen molar-refractivity contribution in [1.82, 2.24) is 0 Å². The number of benzene rings is 1. The first-order valence-electron chi connectivity index (χ1n) is 11.1. The minimum atomic E-state index is -0.971. The van der Waals surface area contributed by atoms with Crippen LogP contribution in [0.4, 0.5) is 5.69 Å². The third kappa shape index (κ3) is 3.96. The van der Waals surface area contributed by atoms with E-state index < -0.39 is 17.3 Å². The van der Waals surface area contributed by atoms with Crippen molar-refractivity contribution in [3.63, 3.8) is 0 Å². The summed E-state index contributed by atoms with van der Waals surface area (Å²) in [6.07, 6.45) is 4.96. The van der Waals surface area contributed by atoms with Crippen molar-refractivity contribution in [1.29, 1.82) is 0 Å². The number of likely N-dealkylation sites (N-methyl/N-ethyl adjacent to an activating group) is 1. The van der Waals surface area contributed by atoms with E-state index in [4.69, 9.17) is 0 Å². The molecule has 1 aromatic rings. The number of hydrogen-bond acceptors (Lipinski definition) is 6. The number of aliphatic hydroxyl groups is 1. The van der Waals surface area contributed by atoms with Crippen molar-refractivity contribution in [2.24, 2.45) is 0 Å². The minimum Gasteiger partial charge on any atom is -0.871 e. The second kappa shape index (κ2) is 9.44. The molecule has 32 heavy (non-hydrogen) atoms. The Morgan fingerprint density at radius 3 is 2.16 bits per heavy atom.